The van der Waals surface area contributed by atoms with Gasteiger partial charge in [-0.25, -0.2) is 17.6 Å². The number of aromatic nitrogens is 12. The summed E-state index contributed by atoms with van der Waals surface area (Å²) in [5, 5.41) is 16.1. The van der Waals surface area contributed by atoms with Crippen molar-refractivity contribution in [2.24, 2.45) is 28.5 Å². The van der Waals surface area contributed by atoms with Crippen molar-refractivity contribution in [2.45, 2.75) is 122 Å². The SMILES string of the molecule is CNc1cc(F)cc2c1Cc1nc(Oc3ccc(C)nc3)nc(N3CC4CNC(C4)C3)c1-2.CNc1cc(F)cc2c1Cc1nc(Oc3ccc(C)nc3)nc(N3CCCC(N)CC3)c1-2.CNc1cc(F)cc2c1Cc1nc(Oc3ccc(C)nc3)nc(N3CC[C@@H](N)C3)c1-2.CNc1cc(F)cc2c1Cc1nc(Oc3ccc(C)nc3)nc(N3C[C@H](N)C4(CC4)C3)c1-2. The van der Waals surface area contributed by atoms with Crippen molar-refractivity contribution in [3.63, 3.8) is 0 Å². The molecule has 8 aromatic heterocycles. The van der Waals surface area contributed by atoms with Gasteiger partial charge in [0, 0.05) is 210 Å². The standard InChI is InChI=1S/2C24H25FN6O.C24H27FN6O.C22H23FN6O/c1-13-3-4-17(10-27-13)32-24-29-21-8-18-19(6-15(25)7-20(18)26-2)22(21)23(30-24)31-11-14-5-16(12-31)28-9-14;1-13-3-4-15(10-28-13)32-23-29-19-9-16-17(7-14(25)8-18(16)27-2)21(19)22(30-23)31-11-20(26)24(12-31)5-6-24;1-14-5-6-17(13-28-14)32-24-29-21-12-18-19(10-15(25)11-20(18)27-2)22(21)23(30-24)31-8-3-4-16(26)7-9-31;1-12-3-4-15(10-26-12)30-22-27-19-9-16-17(7-13(23)8-18(16)25-2)20(19)21(28-22)29-6-5-14(24)11-29/h3-4,6-7,10,14,16,26,28H,5,8-9,11-12H2,1-2H3;3-4,7-8,10,20,27H,5-6,9,11-12,26H2,1-2H3;5-6,10-11,13,16,27H,3-4,7-9,12,26H2,1-2H3;3-4,7-8,10,14,25H,5-6,9,11,24H2,1-2H3/t;20-;;14-/m.0.1/s1. The molecule has 6 fully saturated rings. The molecule has 11 N–H and O–H groups in total. The van der Waals surface area contributed by atoms with Crippen LogP contribution in [0.15, 0.2) is 122 Å². The number of nitrogens with two attached hydrogens (primary N) is 3. The van der Waals surface area contributed by atoms with Gasteiger partial charge in [-0.3, -0.25) is 19.9 Å². The van der Waals surface area contributed by atoms with Gasteiger partial charge in [0.05, 0.1) is 47.6 Å². The van der Waals surface area contributed by atoms with Crippen molar-refractivity contribution in [3.8, 4) is 91.5 Å². The number of hydrogen-bond donors (Lipinski definition) is 8. The van der Waals surface area contributed by atoms with Crippen molar-refractivity contribution in [1.29, 1.82) is 0 Å². The lowest BCUT2D eigenvalue weighted by atomic mass is 9.98. The minimum atomic E-state index is -0.291. The first-order valence-corrected chi connectivity index (χ1v) is 43.1. The molecule has 10 aliphatic rings. The quantitative estimate of drug-likeness (QED) is 0.0417. The summed E-state index contributed by atoms with van der Waals surface area (Å²) < 4.78 is 81.7. The van der Waals surface area contributed by atoms with Gasteiger partial charge in [-0.1, -0.05) is 0 Å². The number of pyridine rings is 4. The zero-order chi connectivity index (χ0) is 86.9. The first-order valence-electron chi connectivity index (χ1n) is 43.1. The molecule has 1 saturated carbocycles. The van der Waals surface area contributed by atoms with E-state index in [0.29, 0.717) is 73.2 Å². The number of rotatable bonds is 16. The molecular formula is C94H100F4N24O4. The molecule has 3 unspecified atom stereocenters. The van der Waals surface area contributed by atoms with Gasteiger partial charge in [0.2, 0.25) is 0 Å². The lowest BCUT2D eigenvalue weighted by molar-refractivity contribution is 0.433. The van der Waals surface area contributed by atoms with Gasteiger partial charge in [-0.05, 0) is 220 Å². The van der Waals surface area contributed by atoms with Crippen LogP contribution in [0.4, 0.5) is 63.6 Å². The molecule has 5 atom stereocenters. The van der Waals surface area contributed by atoms with E-state index in [1.54, 1.807) is 70.2 Å². The fraction of sp³-hybridized carbons (Fsp3) is 0.362. The Hall–Kier alpha value is -13.0. The van der Waals surface area contributed by atoms with E-state index in [2.05, 4.69) is 71.1 Å². The van der Waals surface area contributed by atoms with Gasteiger partial charge in [0.25, 0.3) is 0 Å². The molecule has 648 valence electrons. The van der Waals surface area contributed by atoms with Gasteiger partial charge >= 0.3 is 24.0 Å². The van der Waals surface area contributed by atoms with E-state index in [9.17, 15) is 17.6 Å². The van der Waals surface area contributed by atoms with Crippen LogP contribution in [0.2, 0.25) is 0 Å². The van der Waals surface area contributed by atoms with Crippen molar-refractivity contribution < 1.29 is 36.5 Å². The van der Waals surface area contributed by atoms with Gasteiger partial charge in [0.1, 0.15) is 69.5 Å². The number of aryl methyl sites for hydroxylation is 4. The predicted octanol–water partition coefficient (Wildman–Crippen LogP) is 14.5. The summed E-state index contributed by atoms with van der Waals surface area (Å²) in [6.07, 6.45) is 16.2. The van der Waals surface area contributed by atoms with Crippen LogP contribution in [0.5, 0.6) is 47.0 Å². The maximum absolute atomic E-state index is 14.5. The molecule has 5 saturated heterocycles. The summed E-state index contributed by atoms with van der Waals surface area (Å²) in [7, 11) is 7.22. The molecule has 0 radical (unpaired) electrons. The lowest BCUT2D eigenvalue weighted by Gasteiger charge is -2.33. The molecule has 13 heterocycles. The topological polar surface area (TPSA) is 343 Å². The molecular weight excluding hydrogens is 1610 g/mol. The van der Waals surface area contributed by atoms with Crippen LogP contribution in [0.25, 0.3) is 44.5 Å². The average Bonchev–Trinajstić information content (AvgIpc) is 1.61. The van der Waals surface area contributed by atoms with Crippen LogP contribution in [0, 0.1) is 62.3 Å². The second-order valence-electron chi connectivity index (χ2n) is 34.3. The predicted molar refractivity (Wildman–Crippen MR) is 478 cm³/mol. The molecule has 4 aromatic carbocycles. The molecule has 5 aliphatic carbocycles. The summed E-state index contributed by atoms with van der Waals surface area (Å²) in [6, 6.07) is 29.4. The highest BCUT2D eigenvalue weighted by molar-refractivity contribution is 5.92. The number of nitrogens with one attached hydrogen (secondary N) is 5. The highest BCUT2D eigenvalue weighted by atomic mass is 19.1. The summed E-state index contributed by atoms with van der Waals surface area (Å²) in [5.41, 5.74) is 40.2. The zero-order valence-electron chi connectivity index (χ0n) is 71.6. The fourth-order valence-electron chi connectivity index (χ4n) is 19.0. The third-order valence-corrected chi connectivity index (χ3v) is 25.6. The molecule has 0 amide bonds. The van der Waals surface area contributed by atoms with E-state index >= 15 is 0 Å². The average molecular weight is 1710 g/mol. The van der Waals surface area contributed by atoms with Gasteiger partial charge in [0.15, 0.2) is 0 Å². The third kappa shape index (κ3) is 16.6. The molecule has 5 aliphatic heterocycles. The first kappa shape index (κ1) is 82.6. The number of halogens is 4. The Balaban J connectivity index is 0.000000110. The fourth-order valence-corrected chi connectivity index (χ4v) is 19.0. The third-order valence-electron chi connectivity index (χ3n) is 25.6. The van der Waals surface area contributed by atoms with Crippen molar-refractivity contribution >= 4 is 46.0 Å². The Morgan fingerprint density at radius 2 is 0.754 bits per heavy atom. The summed E-state index contributed by atoms with van der Waals surface area (Å²) in [6.45, 7) is 15.2. The normalized spacial score (nSPS) is 18.8. The molecule has 2 bridgehead atoms. The van der Waals surface area contributed by atoms with E-state index in [4.69, 9.17) is 71.0 Å². The minimum Gasteiger partial charge on any atom is -0.423 e. The minimum absolute atomic E-state index is 0.0857. The van der Waals surface area contributed by atoms with Crippen molar-refractivity contribution in [3.05, 3.63) is 213 Å². The Morgan fingerprint density at radius 3 is 1.09 bits per heavy atom. The van der Waals surface area contributed by atoms with E-state index < -0.39 is 0 Å². The highest BCUT2D eigenvalue weighted by Crippen LogP contribution is 2.56. The van der Waals surface area contributed by atoms with E-state index in [-0.39, 0.29) is 64.8 Å². The van der Waals surface area contributed by atoms with E-state index in [1.807, 2.05) is 83.3 Å². The van der Waals surface area contributed by atoms with Crippen LogP contribution < -0.4 is 82.3 Å². The Kier molecular flexibility index (Phi) is 22.4. The second kappa shape index (κ2) is 34.1. The Morgan fingerprint density at radius 1 is 0.397 bits per heavy atom. The zero-order valence-corrected chi connectivity index (χ0v) is 71.6. The van der Waals surface area contributed by atoms with Crippen LogP contribution in [0.3, 0.4) is 0 Å². The number of hydrogen-bond acceptors (Lipinski definition) is 28. The summed E-state index contributed by atoms with van der Waals surface area (Å²) in [5.74, 6) is 4.93. The summed E-state index contributed by atoms with van der Waals surface area (Å²) >= 11 is 0. The second-order valence-corrected chi connectivity index (χ2v) is 34.3. The number of ether oxygens (including phenoxy) is 4. The summed E-state index contributed by atoms with van der Waals surface area (Å²) in [4.78, 5) is 64.2. The number of anilines is 8. The Labute approximate surface area is 727 Å². The first-order chi connectivity index (χ1) is 61.0. The van der Waals surface area contributed by atoms with Crippen LogP contribution >= 0.6 is 0 Å². The highest BCUT2D eigenvalue weighted by Gasteiger charge is 2.55. The van der Waals surface area contributed by atoms with Crippen LogP contribution in [-0.4, -0.2) is 171 Å². The largest absolute Gasteiger partial charge is 0.423 e. The molecule has 12 aromatic rings. The number of nitrogens with zero attached hydrogens (tertiary/aromatic N) is 16. The van der Waals surface area contributed by atoms with Gasteiger partial charge in [-0.15, -0.1) is 0 Å². The van der Waals surface area contributed by atoms with Gasteiger partial charge < -0.3 is 82.3 Å². The molecule has 126 heavy (non-hydrogen) atoms. The molecule has 1 spiro atoms. The number of fused-ring (bicyclic) bond motifs is 14. The lowest BCUT2D eigenvalue weighted by Crippen LogP contribution is -2.41. The van der Waals surface area contributed by atoms with Crippen LogP contribution in [-0.2, 0) is 25.7 Å². The van der Waals surface area contributed by atoms with E-state index in [1.165, 1.54) is 30.7 Å². The van der Waals surface area contributed by atoms with E-state index in [0.717, 1.165) is 249 Å². The molecule has 28 nitrogen and oxygen atoms in total. The monoisotopic (exact) mass is 1700 g/mol. The maximum Gasteiger partial charge on any atom is 0.324 e. The number of piperidine rings is 1. The van der Waals surface area contributed by atoms with Gasteiger partial charge in [-0.2, -0.15) is 39.9 Å². The van der Waals surface area contributed by atoms with Crippen LogP contribution in [0.1, 0.15) is 113 Å². The Bertz CT molecular complexity index is 6000. The maximum atomic E-state index is 14.5. The van der Waals surface area contributed by atoms with Crippen molar-refractivity contribution in [2.75, 3.05) is 128 Å². The molecule has 32 heteroatoms. The van der Waals surface area contributed by atoms with Crippen molar-refractivity contribution in [1.82, 2.24) is 65.1 Å². The number of benzene rings is 4. The molecule has 22 rings (SSSR count). The smallest absolute Gasteiger partial charge is 0.324 e.